The number of nitrogens with one attached hydrogen (secondary N) is 1. The molecule has 4 aliphatic rings. The number of likely N-dealkylation sites (tertiary alicyclic amines) is 2. The van der Waals surface area contributed by atoms with Crippen LogP contribution in [0.4, 0.5) is 34.1 Å². The highest BCUT2D eigenvalue weighted by Crippen LogP contribution is 2.39. The molecule has 270 valence electrons. The van der Waals surface area contributed by atoms with Crippen LogP contribution in [0.5, 0.6) is 0 Å². The lowest BCUT2D eigenvalue weighted by Gasteiger charge is -2.40. The number of urea groups is 1. The molecule has 0 aromatic heterocycles. The Bertz CT molecular complexity index is 1610. The number of hydrogen-bond donors (Lipinski definition) is 2. The average Bonchev–Trinajstić information content (AvgIpc) is 3.27. The van der Waals surface area contributed by atoms with Crippen LogP contribution in [-0.2, 0) is 33.3 Å². The van der Waals surface area contributed by atoms with Gasteiger partial charge in [0.2, 0.25) is 11.8 Å². The van der Waals surface area contributed by atoms with Gasteiger partial charge in [-0.2, -0.15) is 13.2 Å². The fourth-order valence-electron chi connectivity index (χ4n) is 7.62. The van der Waals surface area contributed by atoms with E-state index in [1.807, 2.05) is 29.2 Å². The number of ether oxygens (including phenoxy) is 1. The molecule has 0 bridgehead atoms. The normalized spacial score (nSPS) is 20.2. The maximum Gasteiger partial charge on any atom is 0.418 e. The van der Waals surface area contributed by atoms with Crippen molar-refractivity contribution < 1.29 is 37.1 Å². The number of hydrogen-bond acceptors (Lipinski definition) is 6. The number of rotatable bonds is 7. The number of alkyl halides is 3. The van der Waals surface area contributed by atoms with E-state index in [-0.39, 0.29) is 59.5 Å². The van der Waals surface area contributed by atoms with E-state index < -0.39 is 23.3 Å². The molecule has 15 heteroatoms. The largest absolute Gasteiger partial charge is 0.449 e. The molecule has 1 atom stereocenters. The number of carbonyl (C=O) groups excluding carboxylic acids is 4. The van der Waals surface area contributed by atoms with E-state index >= 15 is 0 Å². The second kappa shape index (κ2) is 15.0. The second-order valence-electron chi connectivity index (χ2n) is 13.5. The topological polar surface area (TPSA) is 129 Å². The van der Waals surface area contributed by atoms with Crippen molar-refractivity contribution in [3.63, 3.8) is 0 Å². The van der Waals surface area contributed by atoms with Crippen molar-refractivity contribution in [2.24, 2.45) is 5.92 Å². The third-order valence-electron chi connectivity index (χ3n) is 10.4. The van der Waals surface area contributed by atoms with Gasteiger partial charge in [-0.1, -0.05) is 29.8 Å². The molecule has 2 aromatic rings. The summed E-state index contributed by atoms with van der Waals surface area (Å²) < 4.78 is 46.6. The highest BCUT2D eigenvalue weighted by molar-refractivity contribution is 6.33. The number of anilines is 2. The minimum Gasteiger partial charge on any atom is -0.449 e. The molecule has 4 heterocycles. The highest BCUT2D eigenvalue weighted by Gasteiger charge is 2.38. The standard InChI is InChI=1S/C35H42ClF3N6O5/c36-28-20-22(19-27(31(28)40)35(37,38)39)18-24(32(47)43-14-9-26(10-15-43)45-11-3-17-50-34(45)49)21-30(46)42-12-7-25(8-13-42)44-16-6-23-4-1-2-5-29(23)41-33(44)48/h1-2,4-5,19-20,24-26H,3,6-18,21,40H2,(H,41,48)/t24-/m0/s1. The monoisotopic (exact) mass is 718 g/mol. The number of para-hydroxylation sites is 1. The van der Waals surface area contributed by atoms with Gasteiger partial charge in [-0.3, -0.25) is 9.59 Å². The summed E-state index contributed by atoms with van der Waals surface area (Å²) in [7, 11) is 0. The lowest BCUT2D eigenvalue weighted by molar-refractivity contribution is -0.143. The summed E-state index contributed by atoms with van der Waals surface area (Å²) in [6, 6.07) is 9.58. The first-order chi connectivity index (χ1) is 23.9. The Morgan fingerprint density at radius 1 is 0.940 bits per heavy atom. The van der Waals surface area contributed by atoms with Crippen LogP contribution < -0.4 is 11.1 Å². The predicted octanol–water partition coefficient (Wildman–Crippen LogP) is 5.40. The molecule has 0 aliphatic carbocycles. The number of piperidine rings is 2. The number of nitrogens with two attached hydrogens (primary N) is 1. The van der Waals surface area contributed by atoms with Gasteiger partial charge in [0.25, 0.3) is 0 Å². The summed E-state index contributed by atoms with van der Waals surface area (Å²) in [5.74, 6) is -1.57. The van der Waals surface area contributed by atoms with Crippen molar-refractivity contribution in [3.05, 3.63) is 58.1 Å². The third-order valence-corrected chi connectivity index (χ3v) is 10.7. The maximum absolute atomic E-state index is 14.0. The lowest BCUT2D eigenvalue weighted by Crippen LogP contribution is -2.52. The number of carbonyl (C=O) groups is 4. The molecular formula is C35H42ClF3N6O5. The molecule has 6 rings (SSSR count). The summed E-state index contributed by atoms with van der Waals surface area (Å²) in [5.41, 5.74) is 5.99. The Kier molecular flexibility index (Phi) is 10.7. The zero-order chi connectivity index (χ0) is 35.6. The molecule has 3 saturated heterocycles. The second-order valence-corrected chi connectivity index (χ2v) is 13.9. The number of nitrogen functional groups attached to an aromatic ring is 1. The molecule has 0 unspecified atom stereocenters. The van der Waals surface area contributed by atoms with Gasteiger partial charge in [-0.05, 0) is 74.3 Å². The van der Waals surface area contributed by atoms with Gasteiger partial charge in [-0.15, -0.1) is 0 Å². The minimum atomic E-state index is -4.76. The summed E-state index contributed by atoms with van der Waals surface area (Å²) in [4.78, 5) is 60.0. The first kappa shape index (κ1) is 35.6. The van der Waals surface area contributed by atoms with E-state index in [0.29, 0.717) is 78.0 Å². The number of benzene rings is 2. The molecule has 5 amide bonds. The Morgan fingerprint density at radius 3 is 2.28 bits per heavy atom. The Hall–Kier alpha value is -4.20. The zero-order valence-electron chi connectivity index (χ0n) is 27.7. The van der Waals surface area contributed by atoms with Gasteiger partial charge in [0.1, 0.15) is 0 Å². The molecule has 0 saturated carbocycles. The van der Waals surface area contributed by atoms with Crippen molar-refractivity contribution in [2.75, 3.05) is 56.9 Å². The molecule has 11 nitrogen and oxygen atoms in total. The number of cyclic esters (lactones) is 1. The van der Waals surface area contributed by atoms with E-state index in [0.717, 1.165) is 23.7 Å². The number of halogens is 4. The van der Waals surface area contributed by atoms with Crippen LogP contribution in [0.1, 0.15) is 55.2 Å². The molecular weight excluding hydrogens is 677 g/mol. The van der Waals surface area contributed by atoms with Crippen LogP contribution in [-0.4, -0.2) is 101 Å². The smallest absolute Gasteiger partial charge is 0.418 e. The van der Waals surface area contributed by atoms with Crippen LogP contribution in [0.25, 0.3) is 0 Å². The lowest BCUT2D eigenvalue weighted by atomic mass is 9.91. The fraction of sp³-hybridized carbons (Fsp3) is 0.543. The van der Waals surface area contributed by atoms with Gasteiger partial charge in [-0.25, -0.2) is 9.59 Å². The maximum atomic E-state index is 14.0. The molecule has 50 heavy (non-hydrogen) atoms. The van der Waals surface area contributed by atoms with E-state index in [1.165, 1.54) is 6.07 Å². The van der Waals surface area contributed by atoms with E-state index in [2.05, 4.69) is 5.32 Å². The van der Waals surface area contributed by atoms with E-state index in [1.54, 1.807) is 14.7 Å². The Morgan fingerprint density at radius 2 is 1.60 bits per heavy atom. The van der Waals surface area contributed by atoms with Crippen LogP contribution in [0, 0.1) is 5.92 Å². The summed E-state index contributed by atoms with van der Waals surface area (Å²) in [6.07, 6.45) is -1.86. The Balaban J connectivity index is 1.13. The van der Waals surface area contributed by atoms with Crippen LogP contribution >= 0.6 is 11.6 Å². The molecule has 2 aromatic carbocycles. The number of fused-ring (bicyclic) bond motifs is 1. The van der Waals surface area contributed by atoms with Crippen molar-refractivity contribution in [2.45, 2.75) is 69.6 Å². The van der Waals surface area contributed by atoms with Crippen LogP contribution in [0.15, 0.2) is 36.4 Å². The summed E-state index contributed by atoms with van der Waals surface area (Å²) >= 11 is 6.12. The Labute approximate surface area is 293 Å². The van der Waals surface area contributed by atoms with E-state index in [9.17, 15) is 32.3 Å². The molecule has 0 radical (unpaired) electrons. The minimum absolute atomic E-state index is 0.0676. The van der Waals surface area contributed by atoms with Gasteiger partial charge < -0.3 is 35.4 Å². The van der Waals surface area contributed by atoms with Crippen molar-refractivity contribution in [1.82, 2.24) is 19.6 Å². The van der Waals surface area contributed by atoms with Crippen LogP contribution in [0.3, 0.4) is 0 Å². The third kappa shape index (κ3) is 7.90. The zero-order valence-corrected chi connectivity index (χ0v) is 28.5. The van der Waals surface area contributed by atoms with Gasteiger partial charge in [0.05, 0.1) is 28.8 Å². The van der Waals surface area contributed by atoms with Gasteiger partial charge >= 0.3 is 18.3 Å². The van der Waals surface area contributed by atoms with Crippen molar-refractivity contribution in [1.29, 1.82) is 0 Å². The first-order valence-corrected chi connectivity index (χ1v) is 17.6. The molecule has 3 fully saturated rings. The average molecular weight is 719 g/mol. The van der Waals surface area contributed by atoms with Gasteiger partial charge in [0, 0.05) is 63.5 Å². The van der Waals surface area contributed by atoms with Crippen molar-refractivity contribution in [3.8, 4) is 0 Å². The summed E-state index contributed by atoms with van der Waals surface area (Å²) in [6.45, 7) is 2.95. The quantitative estimate of drug-likeness (QED) is 0.369. The number of amides is 5. The molecule has 3 N–H and O–H groups in total. The van der Waals surface area contributed by atoms with Gasteiger partial charge in [0.15, 0.2) is 0 Å². The fourth-order valence-corrected chi connectivity index (χ4v) is 7.86. The van der Waals surface area contributed by atoms with E-state index in [4.69, 9.17) is 22.1 Å². The predicted molar refractivity (Wildman–Crippen MR) is 180 cm³/mol. The highest BCUT2D eigenvalue weighted by atomic mass is 35.5. The van der Waals surface area contributed by atoms with Crippen molar-refractivity contribution >= 4 is 46.9 Å². The SMILES string of the molecule is Nc1c(Cl)cc(C[C@@H](CC(=O)N2CCC(N3CCc4ccccc4NC3=O)CC2)C(=O)N2CCC(N3CCCOC3=O)CC2)cc1C(F)(F)F. The molecule has 0 spiro atoms. The van der Waals surface area contributed by atoms with Crippen LogP contribution in [0.2, 0.25) is 5.02 Å². The first-order valence-electron chi connectivity index (χ1n) is 17.2. The molecule has 4 aliphatic heterocycles. The number of nitrogens with zero attached hydrogens (tertiary/aromatic N) is 4. The summed E-state index contributed by atoms with van der Waals surface area (Å²) in [5, 5.41) is 2.72.